The number of amides is 5. The Bertz CT molecular complexity index is 636. The summed E-state index contributed by atoms with van der Waals surface area (Å²) in [7, 11) is 1.54. The van der Waals surface area contributed by atoms with E-state index in [2.05, 4.69) is 31.9 Å². The van der Waals surface area contributed by atoms with E-state index < -0.39 is 36.1 Å². The van der Waals surface area contributed by atoms with Crippen molar-refractivity contribution in [3.63, 3.8) is 0 Å². The normalized spacial score (nSPS) is 28.4. The molecular weight excluding hydrogens is 340 g/mol. The second-order valence-electron chi connectivity index (χ2n) is 5.03. The highest BCUT2D eigenvalue weighted by Crippen LogP contribution is 2.32. The third-order valence-corrected chi connectivity index (χ3v) is 4.24. The number of imide groups is 1. The van der Waals surface area contributed by atoms with Gasteiger partial charge in [-0.2, -0.15) is 0 Å². The lowest BCUT2D eigenvalue weighted by atomic mass is 9.86. The van der Waals surface area contributed by atoms with Gasteiger partial charge in [0.15, 0.2) is 0 Å². The Kier molecular flexibility index (Phi) is 3.32. The highest BCUT2D eigenvalue weighted by Gasteiger charge is 2.48. The molecule has 2 aliphatic heterocycles. The van der Waals surface area contributed by atoms with E-state index in [9.17, 15) is 14.4 Å². The Balaban J connectivity index is 2.01. The molecule has 3 rings (SSSR count). The molecule has 1 aromatic carbocycles. The van der Waals surface area contributed by atoms with Gasteiger partial charge in [-0.1, -0.05) is 28.1 Å². The van der Waals surface area contributed by atoms with Crippen molar-refractivity contribution in [1.82, 2.24) is 20.9 Å². The van der Waals surface area contributed by atoms with Crippen LogP contribution in [-0.4, -0.2) is 36.1 Å². The first-order valence-corrected chi connectivity index (χ1v) is 7.17. The van der Waals surface area contributed by atoms with Crippen LogP contribution in [0.1, 0.15) is 11.6 Å². The van der Waals surface area contributed by atoms with Crippen LogP contribution in [0.5, 0.6) is 0 Å². The molecule has 3 atom stereocenters. The number of carbonyl (C=O) groups excluding carboxylic acids is 3. The number of fused-ring (bicyclic) bond motifs is 1. The largest absolute Gasteiger partial charge is 0.330 e. The molecule has 3 N–H and O–H groups in total. The minimum atomic E-state index is -0.663. The minimum Gasteiger partial charge on any atom is -0.330 e. The molecule has 7 nitrogen and oxygen atoms in total. The molecule has 2 saturated heterocycles. The lowest BCUT2D eigenvalue weighted by Gasteiger charge is -2.45. The summed E-state index contributed by atoms with van der Waals surface area (Å²) in [6, 6.07) is 5.95. The highest BCUT2D eigenvalue weighted by molar-refractivity contribution is 9.10. The number of nitrogens with one attached hydrogen (secondary N) is 3. The maximum Gasteiger partial charge on any atom is 0.325 e. The molecule has 1 aromatic rings. The van der Waals surface area contributed by atoms with E-state index in [-0.39, 0.29) is 0 Å². The third-order valence-electron chi connectivity index (χ3n) is 3.74. The summed E-state index contributed by atoms with van der Waals surface area (Å²) in [6.45, 7) is 0. The van der Waals surface area contributed by atoms with Gasteiger partial charge in [-0.25, -0.2) is 9.59 Å². The van der Waals surface area contributed by atoms with E-state index in [4.69, 9.17) is 0 Å². The average Bonchev–Trinajstić information content (AvgIpc) is 2.44. The molecule has 21 heavy (non-hydrogen) atoms. The van der Waals surface area contributed by atoms with Crippen molar-refractivity contribution in [1.29, 1.82) is 0 Å². The monoisotopic (exact) mass is 352 g/mol. The van der Waals surface area contributed by atoms with Crippen molar-refractivity contribution in [3.05, 3.63) is 34.3 Å². The van der Waals surface area contributed by atoms with Gasteiger partial charge in [0, 0.05) is 11.5 Å². The Morgan fingerprint density at radius 2 is 1.95 bits per heavy atom. The molecule has 0 saturated carbocycles. The minimum absolute atomic E-state index is 0.402. The first-order valence-electron chi connectivity index (χ1n) is 6.37. The van der Waals surface area contributed by atoms with Gasteiger partial charge in [0.05, 0.1) is 6.04 Å². The van der Waals surface area contributed by atoms with Crippen LogP contribution in [0.2, 0.25) is 0 Å². The molecule has 0 aromatic heterocycles. The highest BCUT2D eigenvalue weighted by atomic mass is 79.9. The van der Waals surface area contributed by atoms with Crippen LogP contribution in [0.4, 0.5) is 9.59 Å². The zero-order valence-electron chi connectivity index (χ0n) is 11.1. The average molecular weight is 353 g/mol. The number of hydrogen-bond acceptors (Lipinski definition) is 3. The second kappa shape index (κ2) is 5.03. The Hall–Kier alpha value is -2.09. The topological polar surface area (TPSA) is 90.5 Å². The summed E-state index contributed by atoms with van der Waals surface area (Å²) >= 11 is 3.38. The van der Waals surface area contributed by atoms with Gasteiger partial charge in [0.25, 0.3) is 0 Å². The van der Waals surface area contributed by atoms with Crippen molar-refractivity contribution in [2.45, 2.75) is 12.2 Å². The van der Waals surface area contributed by atoms with Crippen molar-refractivity contribution in [2.75, 3.05) is 7.05 Å². The molecule has 2 aliphatic rings. The van der Waals surface area contributed by atoms with E-state index in [1.165, 1.54) is 4.90 Å². The Morgan fingerprint density at radius 1 is 1.19 bits per heavy atom. The molecule has 3 unspecified atom stereocenters. The van der Waals surface area contributed by atoms with E-state index in [0.29, 0.717) is 0 Å². The maximum atomic E-state index is 12.2. The fourth-order valence-corrected chi connectivity index (χ4v) is 3.12. The van der Waals surface area contributed by atoms with Crippen LogP contribution in [0, 0.1) is 5.92 Å². The van der Waals surface area contributed by atoms with Gasteiger partial charge < -0.3 is 15.5 Å². The van der Waals surface area contributed by atoms with Gasteiger partial charge >= 0.3 is 12.1 Å². The summed E-state index contributed by atoms with van der Waals surface area (Å²) < 4.78 is 0.852. The number of halogens is 1. The number of benzene rings is 1. The zero-order valence-corrected chi connectivity index (χ0v) is 12.7. The van der Waals surface area contributed by atoms with Crippen LogP contribution in [0.15, 0.2) is 28.7 Å². The van der Waals surface area contributed by atoms with Gasteiger partial charge in [-0.15, -0.1) is 0 Å². The molecule has 0 spiro atoms. The SMILES string of the molecule is CN1C(=O)NC(=O)C2C(c3cccc(Br)c3)NC(=O)NC21. The maximum absolute atomic E-state index is 12.2. The van der Waals surface area contributed by atoms with Crippen LogP contribution < -0.4 is 16.0 Å². The number of rotatable bonds is 1. The first-order chi connectivity index (χ1) is 9.97. The summed E-state index contributed by atoms with van der Waals surface area (Å²) in [5, 5.41) is 7.68. The number of nitrogens with zero attached hydrogens (tertiary/aromatic N) is 1. The zero-order chi connectivity index (χ0) is 15.1. The Labute approximate surface area is 129 Å². The molecular formula is C13H13BrN4O3. The summed E-state index contributed by atoms with van der Waals surface area (Å²) in [5.41, 5.74) is 0.798. The second-order valence-corrected chi connectivity index (χ2v) is 5.94. The van der Waals surface area contributed by atoms with Crippen LogP contribution in [0.25, 0.3) is 0 Å². The third kappa shape index (κ3) is 2.35. The van der Waals surface area contributed by atoms with Crippen molar-refractivity contribution >= 4 is 33.9 Å². The quantitative estimate of drug-likeness (QED) is 0.702. The predicted molar refractivity (Wildman–Crippen MR) is 77.1 cm³/mol. The van der Waals surface area contributed by atoms with Crippen molar-refractivity contribution in [3.8, 4) is 0 Å². The van der Waals surface area contributed by atoms with E-state index >= 15 is 0 Å². The van der Waals surface area contributed by atoms with Crippen LogP contribution in [-0.2, 0) is 4.79 Å². The van der Waals surface area contributed by atoms with Crippen LogP contribution in [0.3, 0.4) is 0 Å². The van der Waals surface area contributed by atoms with E-state index in [1.54, 1.807) is 7.05 Å². The molecule has 0 bridgehead atoms. The number of carbonyl (C=O) groups is 3. The lowest BCUT2D eigenvalue weighted by Crippen LogP contribution is -2.71. The Morgan fingerprint density at radius 3 is 2.67 bits per heavy atom. The summed E-state index contributed by atoms with van der Waals surface area (Å²) in [4.78, 5) is 37.0. The number of hydrogen-bond donors (Lipinski definition) is 3. The smallest absolute Gasteiger partial charge is 0.325 e. The fraction of sp³-hybridized carbons (Fsp3) is 0.308. The fourth-order valence-electron chi connectivity index (χ4n) is 2.71. The molecule has 110 valence electrons. The predicted octanol–water partition coefficient (Wildman–Crippen LogP) is 0.927. The molecule has 2 fully saturated rings. The first kappa shape index (κ1) is 13.9. The molecule has 8 heteroatoms. The molecule has 0 aliphatic carbocycles. The van der Waals surface area contributed by atoms with Gasteiger partial charge in [0.1, 0.15) is 12.1 Å². The van der Waals surface area contributed by atoms with Gasteiger partial charge in [-0.3, -0.25) is 10.1 Å². The van der Waals surface area contributed by atoms with Gasteiger partial charge in [-0.05, 0) is 17.7 Å². The molecule has 2 heterocycles. The summed E-state index contributed by atoms with van der Waals surface area (Å²) in [5.74, 6) is -1.000. The van der Waals surface area contributed by atoms with E-state index in [1.807, 2.05) is 24.3 Å². The van der Waals surface area contributed by atoms with Gasteiger partial charge in [0.2, 0.25) is 5.91 Å². The molecule has 0 radical (unpaired) electrons. The molecule has 5 amide bonds. The summed E-state index contributed by atoms with van der Waals surface area (Å²) in [6.07, 6.45) is -0.663. The number of urea groups is 2. The van der Waals surface area contributed by atoms with Crippen molar-refractivity contribution < 1.29 is 14.4 Å². The standard InChI is InChI=1S/C13H13BrN4O3/c1-18-10-8(11(19)17-13(18)21)9(15-12(20)16-10)6-3-2-4-7(14)5-6/h2-5,8-10H,1H3,(H2,15,16,20)(H,17,19,21). The van der Waals surface area contributed by atoms with Crippen molar-refractivity contribution in [2.24, 2.45) is 5.92 Å². The van der Waals surface area contributed by atoms with Crippen LogP contribution >= 0.6 is 15.9 Å². The van der Waals surface area contributed by atoms with E-state index in [0.717, 1.165) is 10.0 Å². The lowest BCUT2D eigenvalue weighted by molar-refractivity contribution is -0.130.